The molecule has 17 heavy (non-hydrogen) atoms. The molecule has 0 aliphatic heterocycles. The number of ether oxygens (including phenoxy) is 1. The summed E-state index contributed by atoms with van der Waals surface area (Å²) in [5.41, 5.74) is 6.88. The monoisotopic (exact) mass is 257 g/mol. The first-order valence-electron chi connectivity index (χ1n) is 5.89. The van der Waals surface area contributed by atoms with Crippen LogP contribution < -0.4 is 10.5 Å². The van der Waals surface area contributed by atoms with Crippen molar-refractivity contribution in [3.05, 3.63) is 28.5 Å². The molecule has 0 atom stereocenters. The summed E-state index contributed by atoms with van der Waals surface area (Å²) in [5.74, 6) is -0.347. The minimum atomic E-state index is -0.516. The molecule has 94 valence electrons. The van der Waals surface area contributed by atoms with Crippen LogP contribution in [0.1, 0.15) is 37.7 Å². The van der Waals surface area contributed by atoms with Crippen molar-refractivity contribution in [1.82, 2.24) is 0 Å². The Balaban J connectivity index is 2.41. The topological polar surface area (TPSA) is 35.2 Å². The Labute approximate surface area is 106 Å². The lowest BCUT2D eigenvalue weighted by molar-refractivity contribution is 0.300. The molecule has 0 aromatic heterocycles. The van der Waals surface area contributed by atoms with Crippen LogP contribution in [-0.2, 0) is 5.54 Å². The molecule has 0 unspecified atom stereocenters. The summed E-state index contributed by atoms with van der Waals surface area (Å²) in [6.07, 6.45) is 5.25. The SMILES string of the molecule is COc1cc(C2(N)CCCCC2)cc(Cl)c1F. The predicted octanol–water partition coefficient (Wildman–Crippen LogP) is 3.61. The van der Waals surface area contributed by atoms with E-state index in [9.17, 15) is 4.39 Å². The second-order valence-electron chi connectivity index (χ2n) is 4.69. The molecule has 1 aliphatic rings. The molecule has 0 bridgehead atoms. The quantitative estimate of drug-likeness (QED) is 0.879. The van der Waals surface area contributed by atoms with Crippen molar-refractivity contribution in [3.8, 4) is 5.75 Å². The molecule has 0 spiro atoms. The number of nitrogens with two attached hydrogens (primary N) is 1. The van der Waals surface area contributed by atoms with Crippen molar-refractivity contribution in [2.75, 3.05) is 7.11 Å². The van der Waals surface area contributed by atoms with E-state index in [1.165, 1.54) is 13.5 Å². The lowest BCUT2D eigenvalue weighted by Gasteiger charge is -2.34. The molecule has 0 radical (unpaired) electrons. The average molecular weight is 258 g/mol. The standard InChI is InChI=1S/C13H17ClFNO/c1-17-11-8-9(7-10(14)12(11)15)13(16)5-3-2-4-6-13/h7-8H,2-6,16H2,1H3. The third-order valence-electron chi connectivity index (χ3n) is 3.54. The first-order chi connectivity index (χ1) is 8.07. The third-order valence-corrected chi connectivity index (χ3v) is 3.81. The summed E-state index contributed by atoms with van der Waals surface area (Å²) in [6, 6.07) is 3.30. The Kier molecular flexibility index (Phi) is 3.59. The molecule has 1 aromatic rings. The van der Waals surface area contributed by atoms with Gasteiger partial charge in [0.1, 0.15) is 0 Å². The van der Waals surface area contributed by atoms with Gasteiger partial charge in [-0.25, -0.2) is 4.39 Å². The maximum absolute atomic E-state index is 13.6. The van der Waals surface area contributed by atoms with E-state index < -0.39 is 5.82 Å². The van der Waals surface area contributed by atoms with E-state index in [-0.39, 0.29) is 16.3 Å². The Morgan fingerprint density at radius 1 is 1.29 bits per heavy atom. The van der Waals surface area contributed by atoms with Gasteiger partial charge in [0, 0.05) is 5.54 Å². The summed E-state index contributed by atoms with van der Waals surface area (Å²) in [6.45, 7) is 0. The van der Waals surface area contributed by atoms with Crippen molar-refractivity contribution in [1.29, 1.82) is 0 Å². The largest absolute Gasteiger partial charge is 0.494 e. The Bertz CT molecular complexity index is 416. The fraction of sp³-hybridized carbons (Fsp3) is 0.538. The summed E-state index contributed by atoms with van der Waals surface area (Å²) < 4.78 is 18.6. The highest BCUT2D eigenvalue weighted by atomic mass is 35.5. The first-order valence-corrected chi connectivity index (χ1v) is 6.27. The zero-order chi connectivity index (χ0) is 12.5. The zero-order valence-corrected chi connectivity index (χ0v) is 10.7. The van der Waals surface area contributed by atoms with Crippen LogP contribution in [0.5, 0.6) is 5.75 Å². The predicted molar refractivity (Wildman–Crippen MR) is 66.9 cm³/mol. The third kappa shape index (κ3) is 2.40. The van der Waals surface area contributed by atoms with Crippen molar-refractivity contribution in [2.24, 2.45) is 5.73 Å². The van der Waals surface area contributed by atoms with Crippen LogP contribution in [0.25, 0.3) is 0 Å². The molecule has 2 rings (SSSR count). The van der Waals surface area contributed by atoms with Crippen LogP contribution in [-0.4, -0.2) is 7.11 Å². The highest BCUT2D eigenvalue weighted by molar-refractivity contribution is 6.31. The highest BCUT2D eigenvalue weighted by Gasteiger charge is 2.30. The molecule has 2 N–H and O–H groups in total. The van der Waals surface area contributed by atoms with Gasteiger partial charge in [0.15, 0.2) is 11.6 Å². The maximum atomic E-state index is 13.6. The highest BCUT2D eigenvalue weighted by Crippen LogP contribution is 2.38. The summed E-state index contributed by atoms with van der Waals surface area (Å²) in [4.78, 5) is 0. The van der Waals surface area contributed by atoms with Gasteiger partial charge in [0.2, 0.25) is 0 Å². The van der Waals surface area contributed by atoms with E-state index in [4.69, 9.17) is 22.1 Å². The number of halogens is 2. The Hall–Kier alpha value is -0.800. The lowest BCUT2D eigenvalue weighted by Crippen LogP contribution is -2.38. The van der Waals surface area contributed by atoms with Crippen molar-refractivity contribution < 1.29 is 9.13 Å². The van der Waals surface area contributed by atoms with Gasteiger partial charge in [0.25, 0.3) is 0 Å². The van der Waals surface area contributed by atoms with Crippen LogP contribution in [0.2, 0.25) is 5.02 Å². The molecule has 1 aliphatic carbocycles. The van der Waals surface area contributed by atoms with Crippen LogP contribution in [0.3, 0.4) is 0 Å². The molecular formula is C13H17ClFNO. The molecule has 1 aromatic carbocycles. The summed E-state index contributed by atoms with van der Waals surface area (Å²) >= 11 is 5.87. The number of methoxy groups -OCH3 is 1. The van der Waals surface area contributed by atoms with Crippen molar-refractivity contribution in [3.63, 3.8) is 0 Å². The van der Waals surface area contributed by atoms with Crippen LogP contribution >= 0.6 is 11.6 Å². The molecule has 4 heteroatoms. The molecule has 0 heterocycles. The molecule has 1 saturated carbocycles. The Morgan fingerprint density at radius 3 is 2.53 bits per heavy atom. The Morgan fingerprint density at radius 2 is 1.94 bits per heavy atom. The van der Waals surface area contributed by atoms with E-state index in [2.05, 4.69) is 0 Å². The van der Waals surface area contributed by atoms with E-state index in [0.717, 1.165) is 31.2 Å². The molecular weight excluding hydrogens is 241 g/mol. The van der Waals surface area contributed by atoms with Gasteiger partial charge in [0.05, 0.1) is 12.1 Å². The van der Waals surface area contributed by atoms with Gasteiger partial charge in [-0.05, 0) is 30.5 Å². The second kappa shape index (κ2) is 4.83. The number of benzene rings is 1. The zero-order valence-electron chi connectivity index (χ0n) is 9.93. The van der Waals surface area contributed by atoms with Gasteiger partial charge in [-0.1, -0.05) is 30.9 Å². The van der Waals surface area contributed by atoms with Crippen LogP contribution in [0.15, 0.2) is 12.1 Å². The molecule has 1 fully saturated rings. The maximum Gasteiger partial charge on any atom is 0.183 e. The van der Waals surface area contributed by atoms with Gasteiger partial charge in [-0.15, -0.1) is 0 Å². The molecule has 2 nitrogen and oxygen atoms in total. The van der Waals surface area contributed by atoms with E-state index in [1.54, 1.807) is 12.1 Å². The van der Waals surface area contributed by atoms with Gasteiger partial charge >= 0.3 is 0 Å². The fourth-order valence-corrected chi connectivity index (χ4v) is 2.68. The summed E-state index contributed by atoms with van der Waals surface area (Å²) in [5, 5.41) is 0.0785. The van der Waals surface area contributed by atoms with Gasteiger partial charge in [-0.3, -0.25) is 0 Å². The van der Waals surface area contributed by atoms with Crippen molar-refractivity contribution in [2.45, 2.75) is 37.6 Å². The van der Waals surface area contributed by atoms with Crippen molar-refractivity contribution >= 4 is 11.6 Å². The van der Waals surface area contributed by atoms with Crippen LogP contribution in [0.4, 0.5) is 4.39 Å². The minimum Gasteiger partial charge on any atom is -0.494 e. The smallest absolute Gasteiger partial charge is 0.183 e. The minimum absolute atomic E-state index is 0.0785. The fourth-order valence-electron chi connectivity index (χ4n) is 2.47. The lowest BCUT2D eigenvalue weighted by atomic mass is 9.77. The average Bonchev–Trinajstić information content (AvgIpc) is 2.33. The summed E-state index contributed by atoms with van der Waals surface area (Å²) in [7, 11) is 1.43. The van der Waals surface area contributed by atoms with Gasteiger partial charge < -0.3 is 10.5 Å². The van der Waals surface area contributed by atoms with Crippen LogP contribution in [0, 0.1) is 5.82 Å². The number of hydrogen-bond acceptors (Lipinski definition) is 2. The normalized spacial score (nSPS) is 19.1. The number of hydrogen-bond donors (Lipinski definition) is 1. The van der Waals surface area contributed by atoms with E-state index in [1.807, 2.05) is 0 Å². The van der Waals surface area contributed by atoms with E-state index in [0.29, 0.717) is 0 Å². The van der Waals surface area contributed by atoms with Gasteiger partial charge in [-0.2, -0.15) is 0 Å². The second-order valence-corrected chi connectivity index (χ2v) is 5.10. The molecule has 0 saturated heterocycles. The molecule has 0 amide bonds. The first kappa shape index (κ1) is 12.7. The van der Waals surface area contributed by atoms with E-state index >= 15 is 0 Å². The number of rotatable bonds is 2.